The van der Waals surface area contributed by atoms with E-state index in [0.717, 1.165) is 16.5 Å². The molecule has 0 aliphatic carbocycles. The van der Waals surface area contributed by atoms with E-state index in [-0.39, 0.29) is 31.1 Å². The van der Waals surface area contributed by atoms with E-state index >= 15 is 0 Å². The lowest BCUT2D eigenvalue weighted by atomic mass is 10.1. The molecule has 0 fully saturated rings. The van der Waals surface area contributed by atoms with Crippen LogP contribution in [0.25, 0.3) is 0 Å². The van der Waals surface area contributed by atoms with E-state index in [2.05, 4.69) is 5.32 Å². The molecule has 0 unspecified atom stereocenters. The highest BCUT2D eigenvalue weighted by Gasteiger charge is 2.35. The molecule has 0 saturated carbocycles. The number of amides is 2. The summed E-state index contributed by atoms with van der Waals surface area (Å²) in [6.07, 6.45) is -4.40. The molecule has 0 saturated heterocycles. The van der Waals surface area contributed by atoms with Crippen LogP contribution in [0.4, 0.5) is 18.9 Å². The van der Waals surface area contributed by atoms with Crippen LogP contribution in [-0.4, -0.2) is 24.9 Å². The lowest BCUT2D eigenvalue weighted by Gasteiger charge is -2.25. The van der Waals surface area contributed by atoms with Crippen molar-refractivity contribution in [2.75, 3.05) is 18.0 Å². The Balaban J connectivity index is 2.02. The van der Waals surface area contributed by atoms with Crippen LogP contribution >= 0.6 is 0 Å². The minimum Gasteiger partial charge on any atom is -0.354 e. The van der Waals surface area contributed by atoms with E-state index in [0.29, 0.717) is 0 Å². The van der Waals surface area contributed by atoms with Gasteiger partial charge in [0.25, 0.3) is 0 Å². The van der Waals surface area contributed by atoms with Gasteiger partial charge >= 0.3 is 6.18 Å². The molecule has 2 rings (SSSR count). The maximum atomic E-state index is 13.2. The van der Waals surface area contributed by atoms with Crippen LogP contribution in [0.3, 0.4) is 0 Å². The van der Waals surface area contributed by atoms with Gasteiger partial charge < -0.3 is 10.2 Å². The molecule has 2 amide bonds. The highest BCUT2D eigenvalue weighted by molar-refractivity contribution is 5.92. The van der Waals surface area contributed by atoms with Gasteiger partial charge in [-0.2, -0.15) is 13.2 Å². The van der Waals surface area contributed by atoms with E-state index in [1.165, 1.54) is 25.1 Å². The van der Waals surface area contributed by atoms with E-state index in [4.69, 9.17) is 0 Å². The first kappa shape index (κ1) is 19.5. The Morgan fingerprint density at radius 1 is 1.00 bits per heavy atom. The Morgan fingerprint density at radius 2 is 1.62 bits per heavy atom. The van der Waals surface area contributed by atoms with E-state index in [1.54, 1.807) is 12.1 Å². The Hall–Kier alpha value is -2.83. The second-order valence-corrected chi connectivity index (χ2v) is 5.70. The van der Waals surface area contributed by atoms with E-state index in [1.807, 2.05) is 18.2 Å². The molecule has 26 heavy (non-hydrogen) atoms. The highest BCUT2D eigenvalue weighted by Crippen LogP contribution is 2.36. The molecule has 0 aliphatic rings. The summed E-state index contributed by atoms with van der Waals surface area (Å²) in [7, 11) is 0. The third-order valence-electron chi connectivity index (χ3n) is 3.75. The number of benzene rings is 2. The summed E-state index contributed by atoms with van der Waals surface area (Å²) in [5.74, 6) is -0.789. The largest absolute Gasteiger partial charge is 0.418 e. The highest BCUT2D eigenvalue weighted by atomic mass is 19.4. The van der Waals surface area contributed by atoms with Gasteiger partial charge in [0.15, 0.2) is 0 Å². The second kappa shape index (κ2) is 8.51. The molecule has 2 aromatic rings. The lowest BCUT2D eigenvalue weighted by Crippen LogP contribution is -2.38. The monoisotopic (exact) mass is 364 g/mol. The van der Waals surface area contributed by atoms with E-state index < -0.39 is 17.6 Å². The Labute approximate surface area is 149 Å². The van der Waals surface area contributed by atoms with Crippen molar-refractivity contribution in [1.29, 1.82) is 0 Å². The molecular weight excluding hydrogens is 345 g/mol. The van der Waals surface area contributed by atoms with Crippen LogP contribution < -0.4 is 10.2 Å². The number of carbonyl (C=O) groups is 2. The molecule has 0 bridgehead atoms. The van der Waals surface area contributed by atoms with Crippen LogP contribution in [0.15, 0.2) is 54.6 Å². The maximum Gasteiger partial charge on any atom is 0.418 e. The Morgan fingerprint density at radius 3 is 2.23 bits per heavy atom. The zero-order valence-corrected chi connectivity index (χ0v) is 14.2. The first-order chi connectivity index (χ1) is 12.3. The average molecular weight is 364 g/mol. The standard InChI is InChI=1S/C19H19F3N2O2/c1-14(25)24(17-10-6-5-9-16(17)19(20,21)22)12-11-23-18(26)13-15-7-3-2-4-8-15/h2-10H,11-13H2,1H3,(H,23,26). The smallest absolute Gasteiger partial charge is 0.354 e. The number of nitrogens with one attached hydrogen (secondary N) is 1. The fourth-order valence-electron chi connectivity index (χ4n) is 2.55. The summed E-state index contributed by atoms with van der Waals surface area (Å²) >= 11 is 0. The first-order valence-electron chi connectivity index (χ1n) is 8.04. The number of hydrogen-bond acceptors (Lipinski definition) is 2. The van der Waals surface area contributed by atoms with Gasteiger partial charge in [0.05, 0.1) is 17.7 Å². The molecule has 138 valence electrons. The molecule has 4 nitrogen and oxygen atoms in total. The number of carbonyl (C=O) groups excluding carboxylic acids is 2. The maximum absolute atomic E-state index is 13.2. The Kier molecular flexibility index (Phi) is 6.38. The number of nitrogens with zero attached hydrogens (tertiary/aromatic N) is 1. The third-order valence-corrected chi connectivity index (χ3v) is 3.75. The molecule has 0 aromatic heterocycles. The van der Waals surface area contributed by atoms with Gasteiger partial charge in [-0.05, 0) is 17.7 Å². The van der Waals surface area contributed by atoms with Crippen molar-refractivity contribution in [3.8, 4) is 0 Å². The van der Waals surface area contributed by atoms with Crippen LogP contribution in [0.1, 0.15) is 18.1 Å². The van der Waals surface area contributed by atoms with Crippen molar-refractivity contribution in [3.63, 3.8) is 0 Å². The molecule has 0 atom stereocenters. The third kappa shape index (κ3) is 5.34. The molecule has 1 N–H and O–H groups in total. The van der Waals surface area contributed by atoms with Crippen molar-refractivity contribution in [3.05, 3.63) is 65.7 Å². The summed E-state index contributed by atoms with van der Waals surface area (Å²) < 4.78 is 39.5. The van der Waals surface area contributed by atoms with Gasteiger partial charge in [0.1, 0.15) is 0 Å². The normalized spacial score (nSPS) is 11.1. The zero-order chi connectivity index (χ0) is 19.2. The number of anilines is 1. The van der Waals surface area contributed by atoms with Crippen LogP contribution in [0.5, 0.6) is 0 Å². The lowest BCUT2D eigenvalue weighted by molar-refractivity contribution is -0.137. The van der Waals surface area contributed by atoms with Gasteiger partial charge in [-0.3, -0.25) is 9.59 Å². The molecule has 0 heterocycles. The van der Waals surface area contributed by atoms with Crippen molar-refractivity contribution < 1.29 is 22.8 Å². The van der Waals surface area contributed by atoms with Gasteiger partial charge in [-0.1, -0.05) is 42.5 Å². The quantitative estimate of drug-likeness (QED) is 0.854. The van der Waals surface area contributed by atoms with Crippen LogP contribution in [0, 0.1) is 0 Å². The number of rotatable bonds is 6. The minimum atomic E-state index is -4.57. The van der Waals surface area contributed by atoms with E-state index in [9.17, 15) is 22.8 Å². The summed E-state index contributed by atoms with van der Waals surface area (Å²) in [6, 6.07) is 14.0. The number of alkyl halides is 3. The van der Waals surface area contributed by atoms with Crippen LogP contribution in [-0.2, 0) is 22.2 Å². The summed E-state index contributed by atoms with van der Waals surface area (Å²) in [6.45, 7) is 1.19. The first-order valence-corrected chi connectivity index (χ1v) is 8.04. The summed E-state index contributed by atoms with van der Waals surface area (Å²) in [5, 5.41) is 2.63. The SMILES string of the molecule is CC(=O)N(CCNC(=O)Cc1ccccc1)c1ccccc1C(F)(F)F. The van der Waals surface area contributed by atoms with Crippen molar-refractivity contribution >= 4 is 17.5 Å². The van der Waals surface area contributed by atoms with Crippen molar-refractivity contribution in [1.82, 2.24) is 5.32 Å². The van der Waals surface area contributed by atoms with Crippen molar-refractivity contribution in [2.45, 2.75) is 19.5 Å². The molecule has 0 aliphatic heterocycles. The number of halogens is 3. The van der Waals surface area contributed by atoms with Gasteiger partial charge in [-0.15, -0.1) is 0 Å². The Bertz CT molecular complexity index is 761. The summed E-state index contributed by atoms with van der Waals surface area (Å²) in [4.78, 5) is 24.8. The number of para-hydroxylation sites is 1. The molecule has 0 spiro atoms. The fourth-order valence-corrected chi connectivity index (χ4v) is 2.55. The molecule has 7 heteroatoms. The zero-order valence-electron chi connectivity index (χ0n) is 14.2. The van der Waals surface area contributed by atoms with Gasteiger partial charge in [0, 0.05) is 20.0 Å². The van der Waals surface area contributed by atoms with Gasteiger partial charge in [-0.25, -0.2) is 0 Å². The second-order valence-electron chi connectivity index (χ2n) is 5.70. The summed E-state index contributed by atoms with van der Waals surface area (Å²) in [5.41, 5.74) is -0.272. The number of hydrogen-bond donors (Lipinski definition) is 1. The topological polar surface area (TPSA) is 49.4 Å². The molecule has 0 radical (unpaired) electrons. The minimum absolute atomic E-state index is 0.0526. The molecule has 2 aromatic carbocycles. The molecular formula is C19H19F3N2O2. The van der Waals surface area contributed by atoms with Crippen LogP contribution in [0.2, 0.25) is 0 Å². The predicted molar refractivity (Wildman–Crippen MR) is 92.6 cm³/mol. The van der Waals surface area contributed by atoms with Crippen molar-refractivity contribution in [2.24, 2.45) is 0 Å². The predicted octanol–water partition coefficient (Wildman–Crippen LogP) is 3.42. The average Bonchev–Trinajstić information content (AvgIpc) is 2.58. The fraction of sp³-hybridized carbons (Fsp3) is 0.263. The van der Waals surface area contributed by atoms with Gasteiger partial charge in [0.2, 0.25) is 11.8 Å².